The number of piperazine rings is 1. The second kappa shape index (κ2) is 10.4. The fourth-order valence-electron chi connectivity index (χ4n) is 10.3. The largest absolute Gasteiger partial charge is 0.393 e. The van der Waals surface area contributed by atoms with Gasteiger partial charge in [0.05, 0.1) is 6.10 Å². The SMILES string of the molecule is C[C@H](CCC(=O)N1CCN(C(=O)N(C)C2CC2)CC1)[C@H]1CC[C@H]2[C@@H]3CC=C4C[C@@H](O)CC[C@]4(C)[C@H]3CC[C@]12C. The van der Waals surface area contributed by atoms with Gasteiger partial charge < -0.3 is 19.8 Å². The summed E-state index contributed by atoms with van der Waals surface area (Å²) < 4.78 is 0. The Bertz CT molecular complexity index is 985. The maximum absolute atomic E-state index is 13.2. The third kappa shape index (κ3) is 4.85. The number of amides is 3. The van der Waals surface area contributed by atoms with E-state index < -0.39 is 0 Å². The van der Waals surface area contributed by atoms with Crippen molar-refractivity contribution in [3.63, 3.8) is 0 Å². The molecule has 8 atom stereocenters. The Labute approximate surface area is 236 Å². The van der Waals surface area contributed by atoms with Crippen LogP contribution < -0.4 is 0 Å². The summed E-state index contributed by atoms with van der Waals surface area (Å²) in [6.07, 6.45) is 15.9. The zero-order valence-corrected chi connectivity index (χ0v) is 25.0. The molecule has 0 spiro atoms. The maximum atomic E-state index is 13.2. The molecule has 1 aliphatic heterocycles. The predicted molar refractivity (Wildman–Crippen MR) is 154 cm³/mol. The first kappa shape index (κ1) is 27.6. The van der Waals surface area contributed by atoms with Gasteiger partial charge in [0.15, 0.2) is 0 Å². The minimum absolute atomic E-state index is 0.130. The van der Waals surface area contributed by atoms with E-state index in [4.69, 9.17) is 0 Å². The summed E-state index contributed by atoms with van der Waals surface area (Å²) in [5, 5.41) is 10.3. The second-order valence-electron chi connectivity index (χ2n) is 14.9. The highest BCUT2D eigenvalue weighted by Gasteiger charge is 2.59. The lowest BCUT2D eigenvalue weighted by Gasteiger charge is -2.58. The quantitative estimate of drug-likeness (QED) is 0.456. The monoisotopic (exact) mass is 539 g/mol. The van der Waals surface area contributed by atoms with Crippen LogP contribution in [0.2, 0.25) is 0 Å². The van der Waals surface area contributed by atoms with E-state index in [9.17, 15) is 14.7 Å². The molecule has 6 rings (SSSR count). The molecule has 0 unspecified atom stereocenters. The highest BCUT2D eigenvalue weighted by Crippen LogP contribution is 2.67. The average Bonchev–Trinajstić information content (AvgIpc) is 3.72. The molecule has 5 fully saturated rings. The van der Waals surface area contributed by atoms with Crippen molar-refractivity contribution in [1.82, 2.24) is 14.7 Å². The molecule has 0 aromatic rings. The summed E-state index contributed by atoms with van der Waals surface area (Å²) in [7, 11) is 1.92. The van der Waals surface area contributed by atoms with E-state index in [2.05, 4.69) is 26.8 Å². The Morgan fingerprint density at radius 3 is 2.44 bits per heavy atom. The van der Waals surface area contributed by atoms with Gasteiger partial charge in [-0.2, -0.15) is 0 Å². The van der Waals surface area contributed by atoms with Crippen molar-refractivity contribution >= 4 is 11.9 Å². The van der Waals surface area contributed by atoms with E-state index in [-0.39, 0.29) is 18.0 Å². The fourth-order valence-corrected chi connectivity index (χ4v) is 10.3. The number of rotatable bonds is 5. The summed E-state index contributed by atoms with van der Waals surface area (Å²) >= 11 is 0. The summed E-state index contributed by atoms with van der Waals surface area (Å²) in [5.41, 5.74) is 2.27. The molecule has 5 aliphatic carbocycles. The Hall–Kier alpha value is -1.56. The lowest BCUT2D eigenvalue weighted by Crippen LogP contribution is -2.53. The number of allylic oxidation sites excluding steroid dienone is 1. The zero-order valence-electron chi connectivity index (χ0n) is 25.0. The third-order valence-electron chi connectivity index (χ3n) is 13.0. The van der Waals surface area contributed by atoms with Gasteiger partial charge in [-0.25, -0.2) is 4.79 Å². The van der Waals surface area contributed by atoms with E-state index in [1.54, 1.807) is 5.57 Å². The number of carbonyl (C=O) groups excluding carboxylic acids is 2. The number of hydrogen-bond donors (Lipinski definition) is 1. The second-order valence-corrected chi connectivity index (χ2v) is 14.9. The zero-order chi connectivity index (χ0) is 27.5. The van der Waals surface area contributed by atoms with Crippen LogP contribution >= 0.6 is 0 Å². The van der Waals surface area contributed by atoms with Gasteiger partial charge in [0.1, 0.15) is 0 Å². The number of carbonyl (C=O) groups is 2. The molecule has 0 aromatic heterocycles. The van der Waals surface area contributed by atoms with Crippen LogP contribution in [0.3, 0.4) is 0 Å². The number of hydrogen-bond acceptors (Lipinski definition) is 3. The lowest BCUT2D eigenvalue weighted by atomic mass is 9.47. The molecule has 1 heterocycles. The molecule has 39 heavy (non-hydrogen) atoms. The molecule has 0 radical (unpaired) electrons. The van der Waals surface area contributed by atoms with Gasteiger partial charge in [-0.15, -0.1) is 0 Å². The van der Waals surface area contributed by atoms with Gasteiger partial charge in [0, 0.05) is 45.7 Å². The smallest absolute Gasteiger partial charge is 0.320 e. The number of aliphatic hydroxyl groups is 1. The standard InChI is InChI=1S/C33H53N3O3/c1-22(5-12-30(38)35-17-19-36(20-18-35)31(39)34(4)24-7-8-24)27-10-11-28-26-9-6-23-21-25(37)13-15-32(23,2)29(26)14-16-33(27,28)3/h6,22,24-29,37H,5,7-21H2,1-4H3/t22-,25+,26+,27-,28+,29+,32+,33-/m1/s1. The Kier molecular flexibility index (Phi) is 7.34. The first-order valence-corrected chi connectivity index (χ1v) is 16.3. The predicted octanol–water partition coefficient (Wildman–Crippen LogP) is 5.70. The molecule has 4 saturated carbocycles. The van der Waals surface area contributed by atoms with E-state index >= 15 is 0 Å². The van der Waals surface area contributed by atoms with E-state index in [1.165, 1.54) is 32.1 Å². The number of urea groups is 1. The molecule has 1 saturated heterocycles. The lowest BCUT2D eigenvalue weighted by molar-refractivity contribution is -0.133. The molecule has 3 amide bonds. The molecule has 218 valence electrons. The van der Waals surface area contributed by atoms with Crippen LogP contribution in [0, 0.1) is 40.4 Å². The van der Waals surface area contributed by atoms with E-state index in [0.29, 0.717) is 55.4 Å². The molecular weight excluding hydrogens is 486 g/mol. The van der Waals surface area contributed by atoms with E-state index in [1.807, 2.05) is 21.7 Å². The van der Waals surface area contributed by atoms with Gasteiger partial charge in [-0.1, -0.05) is 32.4 Å². The number of aliphatic hydroxyl groups excluding tert-OH is 1. The molecule has 0 aromatic carbocycles. The molecule has 0 bridgehead atoms. The van der Waals surface area contributed by atoms with Gasteiger partial charge in [0.2, 0.25) is 5.91 Å². The molecular formula is C33H53N3O3. The Morgan fingerprint density at radius 1 is 1.00 bits per heavy atom. The summed E-state index contributed by atoms with van der Waals surface area (Å²) in [6.45, 7) is 10.2. The molecule has 6 aliphatic rings. The van der Waals surface area contributed by atoms with Crippen molar-refractivity contribution in [2.45, 2.75) is 110 Å². The van der Waals surface area contributed by atoms with Crippen molar-refractivity contribution < 1.29 is 14.7 Å². The summed E-state index contributed by atoms with van der Waals surface area (Å²) in [4.78, 5) is 31.7. The minimum atomic E-state index is -0.130. The highest BCUT2D eigenvalue weighted by molar-refractivity contribution is 5.78. The first-order valence-electron chi connectivity index (χ1n) is 16.3. The molecule has 1 N–H and O–H groups in total. The van der Waals surface area contributed by atoms with Crippen LogP contribution in [-0.2, 0) is 4.79 Å². The molecule has 6 heteroatoms. The highest BCUT2D eigenvalue weighted by atomic mass is 16.3. The average molecular weight is 540 g/mol. The van der Waals surface area contributed by atoms with Crippen molar-refractivity contribution in [1.29, 1.82) is 0 Å². The topological polar surface area (TPSA) is 64.1 Å². The van der Waals surface area contributed by atoms with Gasteiger partial charge in [-0.3, -0.25) is 4.79 Å². The molecule has 6 nitrogen and oxygen atoms in total. The normalized spacial score (nSPS) is 40.7. The maximum Gasteiger partial charge on any atom is 0.320 e. The number of fused-ring (bicyclic) bond motifs is 5. The first-order chi connectivity index (χ1) is 18.6. The summed E-state index contributed by atoms with van der Waals surface area (Å²) in [5.74, 6) is 3.96. The van der Waals surface area contributed by atoms with Crippen molar-refractivity contribution in [3.05, 3.63) is 11.6 Å². The Morgan fingerprint density at radius 2 is 1.72 bits per heavy atom. The van der Waals surface area contributed by atoms with E-state index in [0.717, 1.165) is 62.2 Å². The third-order valence-corrected chi connectivity index (χ3v) is 13.0. The summed E-state index contributed by atoms with van der Waals surface area (Å²) in [6, 6.07) is 0.568. The van der Waals surface area contributed by atoms with Gasteiger partial charge in [-0.05, 0) is 111 Å². The Balaban J connectivity index is 1.02. The van der Waals surface area contributed by atoms with Crippen molar-refractivity contribution in [3.8, 4) is 0 Å². The van der Waals surface area contributed by atoms with Crippen LogP contribution in [-0.4, -0.2) is 77.1 Å². The van der Waals surface area contributed by atoms with Crippen LogP contribution in [0.1, 0.15) is 97.8 Å². The van der Waals surface area contributed by atoms with Crippen LogP contribution in [0.25, 0.3) is 0 Å². The van der Waals surface area contributed by atoms with Crippen molar-refractivity contribution in [2.24, 2.45) is 40.4 Å². The van der Waals surface area contributed by atoms with Crippen LogP contribution in [0.4, 0.5) is 4.79 Å². The van der Waals surface area contributed by atoms with Gasteiger partial charge >= 0.3 is 6.03 Å². The van der Waals surface area contributed by atoms with Crippen LogP contribution in [0.5, 0.6) is 0 Å². The van der Waals surface area contributed by atoms with Crippen molar-refractivity contribution in [2.75, 3.05) is 33.2 Å². The fraction of sp³-hybridized carbons (Fsp3) is 0.879. The van der Waals surface area contributed by atoms with Gasteiger partial charge in [0.25, 0.3) is 0 Å². The van der Waals surface area contributed by atoms with Crippen LogP contribution in [0.15, 0.2) is 11.6 Å². The minimum Gasteiger partial charge on any atom is -0.393 e. The number of nitrogens with zero attached hydrogens (tertiary/aromatic N) is 3.